The SMILES string of the molecule is Cc1cnoc1C(=O)N(C)C1CCCCC1O. The molecule has 0 saturated heterocycles. The highest BCUT2D eigenvalue weighted by molar-refractivity contribution is 5.92. The summed E-state index contributed by atoms with van der Waals surface area (Å²) in [7, 11) is 1.71. The van der Waals surface area contributed by atoms with E-state index in [2.05, 4.69) is 5.16 Å². The highest BCUT2D eigenvalue weighted by Gasteiger charge is 2.31. The van der Waals surface area contributed by atoms with Crippen molar-refractivity contribution in [2.45, 2.75) is 44.8 Å². The average Bonchev–Trinajstić information content (AvgIpc) is 2.74. The van der Waals surface area contributed by atoms with Crippen molar-refractivity contribution in [3.8, 4) is 0 Å². The molecule has 1 aromatic heterocycles. The summed E-state index contributed by atoms with van der Waals surface area (Å²) in [6.45, 7) is 1.79. The molecule has 1 heterocycles. The summed E-state index contributed by atoms with van der Waals surface area (Å²) in [6.07, 6.45) is 4.78. The molecule has 1 aliphatic rings. The largest absolute Gasteiger partial charge is 0.391 e. The molecule has 0 aromatic carbocycles. The Hall–Kier alpha value is -1.36. The summed E-state index contributed by atoms with van der Waals surface area (Å²) < 4.78 is 4.95. The molecule has 0 bridgehead atoms. The zero-order chi connectivity index (χ0) is 12.4. The van der Waals surface area contributed by atoms with Crippen molar-refractivity contribution < 1.29 is 14.4 Å². The van der Waals surface area contributed by atoms with Gasteiger partial charge in [0, 0.05) is 12.6 Å². The maximum Gasteiger partial charge on any atom is 0.292 e. The van der Waals surface area contributed by atoms with E-state index in [1.165, 1.54) is 6.20 Å². The molecule has 5 heteroatoms. The first kappa shape index (κ1) is 12.1. The van der Waals surface area contributed by atoms with Gasteiger partial charge >= 0.3 is 0 Å². The lowest BCUT2D eigenvalue weighted by molar-refractivity contribution is 0.0244. The second-order valence-corrected chi connectivity index (χ2v) is 4.67. The maximum absolute atomic E-state index is 12.2. The fraction of sp³-hybridized carbons (Fsp3) is 0.667. The molecule has 2 unspecified atom stereocenters. The first-order valence-corrected chi connectivity index (χ1v) is 5.97. The van der Waals surface area contributed by atoms with Crippen LogP contribution in [0.1, 0.15) is 41.8 Å². The summed E-state index contributed by atoms with van der Waals surface area (Å²) in [5, 5.41) is 13.5. The Balaban J connectivity index is 2.11. The number of hydrogen-bond acceptors (Lipinski definition) is 4. The monoisotopic (exact) mass is 238 g/mol. The molecule has 0 radical (unpaired) electrons. The van der Waals surface area contributed by atoms with E-state index in [4.69, 9.17) is 4.52 Å². The molecule has 1 amide bonds. The summed E-state index contributed by atoms with van der Waals surface area (Å²) in [5.74, 6) is 0.0659. The Kier molecular flexibility index (Phi) is 3.47. The molecule has 1 aliphatic carbocycles. The van der Waals surface area contributed by atoms with Gasteiger partial charge in [-0.05, 0) is 19.8 Å². The van der Waals surface area contributed by atoms with Crippen LogP contribution in [0.5, 0.6) is 0 Å². The Bertz CT molecular complexity index is 402. The molecule has 5 nitrogen and oxygen atoms in total. The minimum atomic E-state index is -0.430. The van der Waals surface area contributed by atoms with Gasteiger partial charge in [0.1, 0.15) is 0 Å². The lowest BCUT2D eigenvalue weighted by atomic mass is 9.91. The van der Waals surface area contributed by atoms with Gasteiger partial charge in [0.15, 0.2) is 0 Å². The Morgan fingerprint density at radius 3 is 2.82 bits per heavy atom. The van der Waals surface area contributed by atoms with Crippen LogP contribution in [-0.2, 0) is 0 Å². The number of amides is 1. The standard InChI is InChI=1S/C12H18N2O3/c1-8-7-13-17-11(8)12(16)14(2)9-5-3-4-6-10(9)15/h7,9-10,15H,3-6H2,1-2H3. The predicted molar refractivity (Wildman–Crippen MR) is 61.6 cm³/mol. The zero-order valence-corrected chi connectivity index (χ0v) is 10.2. The van der Waals surface area contributed by atoms with E-state index in [1.54, 1.807) is 18.9 Å². The molecule has 1 aromatic rings. The van der Waals surface area contributed by atoms with Crippen molar-refractivity contribution in [2.75, 3.05) is 7.05 Å². The third kappa shape index (κ3) is 2.34. The van der Waals surface area contributed by atoms with E-state index >= 15 is 0 Å². The van der Waals surface area contributed by atoms with Crippen LogP contribution in [0.4, 0.5) is 0 Å². The Morgan fingerprint density at radius 1 is 1.53 bits per heavy atom. The first-order valence-electron chi connectivity index (χ1n) is 5.97. The van der Waals surface area contributed by atoms with E-state index < -0.39 is 6.10 Å². The van der Waals surface area contributed by atoms with Crippen LogP contribution in [0.3, 0.4) is 0 Å². The number of aliphatic hydroxyl groups excluding tert-OH is 1. The second-order valence-electron chi connectivity index (χ2n) is 4.67. The number of aryl methyl sites for hydroxylation is 1. The molecular weight excluding hydrogens is 220 g/mol. The lowest BCUT2D eigenvalue weighted by Crippen LogP contribution is -2.46. The van der Waals surface area contributed by atoms with Gasteiger partial charge in [0.05, 0.1) is 18.3 Å². The number of aromatic nitrogens is 1. The zero-order valence-electron chi connectivity index (χ0n) is 10.2. The van der Waals surface area contributed by atoms with Crippen LogP contribution in [-0.4, -0.2) is 40.3 Å². The van der Waals surface area contributed by atoms with Crippen LogP contribution in [0.15, 0.2) is 10.7 Å². The van der Waals surface area contributed by atoms with Crippen LogP contribution in [0.2, 0.25) is 0 Å². The highest BCUT2D eigenvalue weighted by Crippen LogP contribution is 2.24. The number of nitrogens with zero attached hydrogens (tertiary/aromatic N) is 2. The van der Waals surface area contributed by atoms with Crippen LogP contribution >= 0.6 is 0 Å². The molecule has 17 heavy (non-hydrogen) atoms. The van der Waals surface area contributed by atoms with Crippen molar-refractivity contribution >= 4 is 5.91 Å². The highest BCUT2D eigenvalue weighted by atomic mass is 16.5. The van der Waals surface area contributed by atoms with Crippen molar-refractivity contribution in [1.29, 1.82) is 0 Å². The van der Waals surface area contributed by atoms with Gasteiger partial charge in [0.25, 0.3) is 5.91 Å². The summed E-state index contributed by atoms with van der Waals surface area (Å²) in [5.41, 5.74) is 0.729. The van der Waals surface area contributed by atoms with Crippen molar-refractivity contribution in [3.05, 3.63) is 17.5 Å². The summed E-state index contributed by atoms with van der Waals surface area (Å²) >= 11 is 0. The van der Waals surface area contributed by atoms with Gasteiger partial charge in [0.2, 0.25) is 5.76 Å². The number of carbonyl (C=O) groups is 1. The first-order chi connectivity index (χ1) is 8.11. The van der Waals surface area contributed by atoms with E-state index in [9.17, 15) is 9.90 Å². The summed E-state index contributed by atoms with van der Waals surface area (Å²) in [6, 6.07) is -0.110. The number of carbonyl (C=O) groups excluding carboxylic acids is 1. The topological polar surface area (TPSA) is 66.6 Å². The molecule has 1 saturated carbocycles. The molecular formula is C12H18N2O3. The van der Waals surface area contributed by atoms with Crippen molar-refractivity contribution in [2.24, 2.45) is 0 Å². The van der Waals surface area contributed by atoms with Crippen molar-refractivity contribution in [3.63, 3.8) is 0 Å². The molecule has 2 rings (SSSR count). The Labute approximate surface area is 100 Å². The lowest BCUT2D eigenvalue weighted by Gasteiger charge is -2.34. The number of rotatable bonds is 2. The van der Waals surface area contributed by atoms with E-state index in [0.717, 1.165) is 31.2 Å². The van der Waals surface area contributed by atoms with Gasteiger partial charge < -0.3 is 14.5 Å². The van der Waals surface area contributed by atoms with E-state index in [1.807, 2.05) is 0 Å². The maximum atomic E-state index is 12.2. The molecule has 2 atom stereocenters. The van der Waals surface area contributed by atoms with Crippen LogP contribution in [0, 0.1) is 6.92 Å². The summed E-state index contributed by atoms with van der Waals surface area (Å²) in [4.78, 5) is 13.7. The second kappa shape index (κ2) is 4.87. The molecule has 0 spiro atoms. The Morgan fingerprint density at radius 2 is 2.24 bits per heavy atom. The van der Waals surface area contributed by atoms with Gasteiger partial charge in [-0.3, -0.25) is 4.79 Å². The van der Waals surface area contributed by atoms with Gasteiger partial charge in [-0.25, -0.2) is 0 Å². The molecule has 1 fully saturated rings. The minimum Gasteiger partial charge on any atom is -0.391 e. The smallest absolute Gasteiger partial charge is 0.292 e. The third-order valence-corrected chi connectivity index (χ3v) is 3.45. The fourth-order valence-electron chi connectivity index (χ4n) is 2.35. The van der Waals surface area contributed by atoms with Gasteiger partial charge in [-0.1, -0.05) is 18.0 Å². The number of aliphatic hydroxyl groups is 1. The van der Waals surface area contributed by atoms with E-state index in [0.29, 0.717) is 0 Å². The van der Waals surface area contributed by atoms with Crippen LogP contribution < -0.4 is 0 Å². The molecule has 1 N–H and O–H groups in total. The van der Waals surface area contributed by atoms with Gasteiger partial charge in [-0.15, -0.1) is 0 Å². The predicted octanol–water partition coefficient (Wildman–Crippen LogP) is 1.36. The third-order valence-electron chi connectivity index (χ3n) is 3.45. The van der Waals surface area contributed by atoms with Gasteiger partial charge in [-0.2, -0.15) is 0 Å². The normalized spacial score (nSPS) is 24.6. The van der Waals surface area contributed by atoms with Crippen LogP contribution in [0.25, 0.3) is 0 Å². The van der Waals surface area contributed by atoms with E-state index in [-0.39, 0.29) is 17.7 Å². The number of likely N-dealkylation sites (N-methyl/N-ethyl adjacent to an activating group) is 1. The molecule has 0 aliphatic heterocycles. The average molecular weight is 238 g/mol. The molecule has 94 valence electrons. The quantitative estimate of drug-likeness (QED) is 0.844. The fourth-order valence-corrected chi connectivity index (χ4v) is 2.35. The minimum absolute atomic E-state index is 0.110. The number of hydrogen-bond donors (Lipinski definition) is 1. The van der Waals surface area contributed by atoms with Crippen molar-refractivity contribution in [1.82, 2.24) is 10.1 Å².